The molecule has 1 aromatic carbocycles. The molecule has 1 aromatic heterocycles. The lowest BCUT2D eigenvalue weighted by molar-refractivity contribution is 0.421. The van der Waals surface area contributed by atoms with Gasteiger partial charge in [0.2, 0.25) is 0 Å². The highest BCUT2D eigenvalue weighted by Gasteiger charge is 2.11. The summed E-state index contributed by atoms with van der Waals surface area (Å²) in [6.45, 7) is 9.23. The minimum absolute atomic E-state index is 0.0696. The Morgan fingerprint density at radius 1 is 1.19 bits per heavy atom. The first-order valence-electron chi connectivity index (χ1n) is 7.21. The molecule has 0 atom stereocenters. The molecule has 2 aromatic rings. The number of benzene rings is 1. The number of anilines is 2. The Hall–Kier alpha value is -1.94. The first-order chi connectivity index (χ1) is 9.85. The zero-order chi connectivity index (χ0) is 15.5. The van der Waals surface area contributed by atoms with Crippen LogP contribution in [0.1, 0.15) is 32.0 Å². The topological polar surface area (TPSA) is 41.1 Å². The number of rotatable bonds is 4. The van der Waals surface area contributed by atoms with Gasteiger partial charge in [0.1, 0.15) is 0 Å². The molecule has 0 fully saturated rings. The number of aromatic nitrogens is 2. The van der Waals surface area contributed by atoms with E-state index >= 15 is 0 Å². The lowest BCUT2D eigenvalue weighted by atomic mass is 10.1. The van der Waals surface area contributed by atoms with Crippen LogP contribution in [0.25, 0.3) is 0 Å². The molecule has 0 saturated heterocycles. The third-order valence-corrected chi connectivity index (χ3v) is 3.20. The number of aryl methyl sites for hydroxylation is 1. The summed E-state index contributed by atoms with van der Waals surface area (Å²) in [5.74, 6) is 0.855. The lowest BCUT2D eigenvalue weighted by Gasteiger charge is -2.21. The van der Waals surface area contributed by atoms with Crippen LogP contribution in [-0.4, -0.2) is 22.6 Å². The average molecular weight is 284 g/mol. The molecule has 1 heterocycles. The molecule has 0 aliphatic heterocycles. The van der Waals surface area contributed by atoms with E-state index in [1.807, 2.05) is 13.2 Å². The molecule has 0 spiro atoms. The van der Waals surface area contributed by atoms with Crippen LogP contribution in [0.4, 0.5) is 11.5 Å². The smallest absolute Gasteiger partial charge is 0.151 e. The van der Waals surface area contributed by atoms with E-state index in [9.17, 15) is 0 Å². The zero-order valence-electron chi connectivity index (χ0n) is 13.5. The summed E-state index contributed by atoms with van der Waals surface area (Å²) >= 11 is 0. The van der Waals surface area contributed by atoms with Crippen molar-refractivity contribution in [3.05, 3.63) is 47.9 Å². The lowest BCUT2D eigenvalue weighted by Crippen LogP contribution is -2.35. The number of nitrogens with zero attached hydrogens (tertiary/aromatic N) is 3. The Morgan fingerprint density at radius 2 is 1.95 bits per heavy atom. The van der Waals surface area contributed by atoms with Gasteiger partial charge in [-0.1, -0.05) is 12.1 Å². The number of hydrogen-bond acceptors (Lipinski definition) is 4. The van der Waals surface area contributed by atoms with Gasteiger partial charge in [0.05, 0.1) is 11.9 Å². The zero-order valence-corrected chi connectivity index (χ0v) is 13.5. The van der Waals surface area contributed by atoms with Gasteiger partial charge >= 0.3 is 0 Å². The molecule has 0 unspecified atom stereocenters. The molecule has 4 nitrogen and oxygen atoms in total. The summed E-state index contributed by atoms with van der Waals surface area (Å²) in [6, 6.07) is 8.36. The predicted molar refractivity (Wildman–Crippen MR) is 87.9 cm³/mol. The van der Waals surface area contributed by atoms with E-state index in [1.54, 1.807) is 6.20 Å². The predicted octanol–water partition coefficient (Wildman–Crippen LogP) is 3.44. The summed E-state index contributed by atoms with van der Waals surface area (Å²) in [7, 11) is 2.01. The summed E-state index contributed by atoms with van der Waals surface area (Å²) in [4.78, 5) is 11.0. The van der Waals surface area contributed by atoms with Crippen LogP contribution in [-0.2, 0) is 6.54 Å². The SMILES string of the molecule is Cc1cccc(N(C)c2cncc(CNC(C)(C)C)n2)c1. The van der Waals surface area contributed by atoms with E-state index in [1.165, 1.54) is 5.56 Å². The molecular weight excluding hydrogens is 260 g/mol. The van der Waals surface area contributed by atoms with Gasteiger partial charge < -0.3 is 10.2 Å². The Kier molecular flexibility index (Phi) is 4.58. The molecule has 0 saturated carbocycles. The van der Waals surface area contributed by atoms with Gasteiger partial charge in [-0.3, -0.25) is 4.98 Å². The quantitative estimate of drug-likeness (QED) is 0.933. The highest BCUT2D eigenvalue weighted by atomic mass is 15.2. The Balaban J connectivity index is 2.17. The van der Waals surface area contributed by atoms with Crippen molar-refractivity contribution in [1.82, 2.24) is 15.3 Å². The van der Waals surface area contributed by atoms with Gasteiger partial charge in [0, 0.05) is 31.0 Å². The highest BCUT2D eigenvalue weighted by molar-refractivity contribution is 5.59. The Morgan fingerprint density at radius 3 is 2.62 bits per heavy atom. The fraction of sp³-hybridized carbons (Fsp3) is 0.412. The summed E-state index contributed by atoms with van der Waals surface area (Å²) in [5, 5.41) is 3.43. The normalized spacial score (nSPS) is 11.5. The van der Waals surface area contributed by atoms with Gasteiger partial charge in [-0.05, 0) is 45.4 Å². The van der Waals surface area contributed by atoms with Crippen LogP contribution in [0, 0.1) is 6.92 Å². The second-order valence-corrected chi connectivity index (χ2v) is 6.37. The maximum Gasteiger partial charge on any atom is 0.151 e. The second kappa shape index (κ2) is 6.22. The van der Waals surface area contributed by atoms with E-state index in [2.05, 4.69) is 72.1 Å². The fourth-order valence-corrected chi connectivity index (χ4v) is 1.97. The van der Waals surface area contributed by atoms with Crippen LogP contribution < -0.4 is 10.2 Å². The monoisotopic (exact) mass is 284 g/mol. The van der Waals surface area contributed by atoms with Gasteiger partial charge in [-0.15, -0.1) is 0 Å². The molecule has 0 amide bonds. The Labute approximate surface area is 127 Å². The van der Waals surface area contributed by atoms with E-state index < -0.39 is 0 Å². The van der Waals surface area contributed by atoms with Crippen LogP contribution in [0.3, 0.4) is 0 Å². The van der Waals surface area contributed by atoms with Crippen LogP contribution in [0.5, 0.6) is 0 Å². The molecule has 0 aliphatic carbocycles. The van der Waals surface area contributed by atoms with E-state index in [0.29, 0.717) is 6.54 Å². The average Bonchev–Trinajstić information content (AvgIpc) is 2.44. The largest absolute Gasteiger partial charge is 0.328 e. The maximum atomic E-state index is 4.68. The van der Waals surface area contributed by atoms with Crippen molar-refractivity contribution in [1.29, 1.82) is 0 Å². The van der Waals surface area contributed by atoms with Gasteiger partial charge in [0.25, 0.3) is 0 Å². The van der Waals surface area contributed by atoms with Crippen molar-refractivity contribution in [3.8, 4) is 0 Å². The van der Waals surface area contributed by atoms with Crippen LogP contribution in [0.15, 0.2) is 36.7 Å². The molecule has 21 heavy (non-hydrogen) atoms. The summed E-state index contributed by atoms with van der Waals surface area (Å²) in [6.07, 6.45) is 3.61. The fourth-order valence-electron chi connectivity index (χ4n) is 1.97. The third-order valence-electron chi connectivity index (χ3n) is 3.20. The molecule has 0 aliphatic rings. The van der Waals surface area contributed by atoms with Gasteiger partial charge in [0.15, 0.2) is 5.82 Å². The van der Waals surface area contributed by atoms with E-state index in [4.69, 9.17) is 0 Å². The van der Waals surface area contributed by atoms with E-state index in [0.717, 1.165) is 17.2 Å². The van der Waals surface area contributed by atoms with Crippen molar-refractivity contribution >= 4 is 11.5 Å². The Bertz CT molecular complexity index is 602. The molecule has 0 bridgehead atoms. The summed E-state index contributed by atoms with van der Waals surface area (Å²) in [5.41, 5.74) is 3.37. The third kappa shape index (κ3) is 4.53. The first kappa shape index (κ1) is 15.4. The van der Waals surface area contributed by atoms with Crippen LogP contribution >= 0.6 is 0 Å². The van der Waals surface area contributed by atoms with Gasteiger partial charge in [-0.2, -0.15) is 0 Å². The van der Waals surface area contributed by atoms with Crippen molar-refractivity contribution in [2.75, 3.05) is 11.9 Å². The van der Waals surface area contributed by atoms with Crippen LogP contribution in [0.2, 0.25) is 0 Å². The number of nitrogens with one attached hydrogen (secondary N) is 1. The minimum atomic E-state index is 0.0696. The van der Waals surface area contributed by atoms with E-state index in [-0.39, 0.29) is 5.54 Å². The molecule has 112 valence electrons. The first-order valence-corrected chi connectivity index (χ1v) is 7.21. The van der Waals surface area contributed by atoms with Crippen molar-refractivity contribution in [2.45, 2.75) is 39.8 Å². The standard InChI is InChI=1S/C17H24N4/c1-13-7-6-8-15(9-13)21(5)16-12-18-10-14(20-16)11-19-17(2,3)4/h6-10,12,19H,11H2,1-5H3. The highest BCUT2D eigenvalue weighted by Crippen LogP contribution is 2.21. The maximum absolute atomic E-state index is 4.68. The van der Waals surface area contributed by atoms with Gasteiger partial charge in [-0.25, -0.2) is 4.98 Å². The minimum Gasteiger partial charge on any atom is -0.328 e. The van der Waals surface area contributed by atoms with Crippen molar-refractivity contribution in [2.24, 2.45) is 0 Å². The number of hydrogen-bond donors (Lipinski definition) is 1. The molecule has 4 heteroatoms. The van der Waals surface area contributed by atoms with Crippen molar-refractivity contribution in [3.63, 3.8) is 0 Å². The molecule has 2 rings (SSSR count). The molecular formula is C17H24N4. The molecule has 0 radical (unpaired) electrons. The summed E-state index contributed by atoms with van der Waals surface area (Å²) < 4.78 is 0. The molecule has 1 N–H and O–H groups in total. The van der Waals surface area contributed by atoms with Crippen molar-refractivity contribution < 1.29 is 0 Å². The second-order valence-electron chi connectivity index (χ2n) is 6.37.